The molecule has 0 aliphatic carbocycles. The van der Waals surface area contributed by atoms with E-state index in [1.54, 1.807) is 6.08 Å². The van der Waals surface area contributed by atoms with Crippen molar-refractivity contribution in [2.75, 3.05) is 6.61 Å². The largest absolute Gasteiger partial charge is 0.394 e. The molecule has 0 saturated heterocycles. The highest BCUT2D eigenvalue weighted by Crippen LogP contribution is 2.15. The molecule has 0 fully saturated rings. The van der Waals surface area contributed by atoms with E-state index in [9.17, 15) is 15.0 Å². The van der Waals surface area contributed by atoms with E-state index in [2.05, 4.69) is 104 Å². The molecule has 0 aromatic heterocycles. The van der Waals surface area contributed by atoms with Gasteiger partial charge in [-0.25, -0.2) is 0 Å². The molecule has 362 valence electrons. The summed E-state index contributed by atoms with van der Waals surface area (Å²) in [4.78, 5) is 12.5. The van der Waals surface area contributed by atoms with Crippen molar-refractivity contribution in [1.82, 2.24) is 5.32 Å². The molecular weight excluding hydrogens is 771 g/mol. The van der Waals surface area contributed by atoms with Gasteiger partial charge >= 0.3 is 0 Å². The van der Waals surface area contributed by atoms with Crippen molar-refractivity contribution < 1.29 is 15.0 Å². The summed E-state index contributed by atoms with van der Waals surface area (Å²) in [5.41, 5.74) is 0. The van der Waals surface area contributed by atoms with Crippen LogP contribution in [0.3, 0.4) is 0 Å². The topological polar surface area (TPSA) is 69.6 Å². The van der Waals surface area contributed by atoms with E-state index in [-0.39, 0.29) is 12.5 Å². The standard InChI is InChI=1S/C59H103NO3/c1-3-5-7-9-11-13-15-17-19-21-23-25-26-27-28-29-30-31-32-33-34-35-37-39-41-43-45-47-49-51-53-55-59(63)60-57(56-61)58(62)54-52-50-48-46-44-42-40-38-36-24-22-20-18-16-14-12-10-8-6-4-2/h5,7,11,13,17,19,23,25,27-28,36,38,44,46,52,54,57-58,61-62H,3-4,6,8-10,12,14-16,18,20-22,24,26,29-35,37,39-43,45,47-51,53,55-56H2,1-2H3,(H,60,63)/b7-5-,13-11-,19-17-,25-23-,28-27-,38-36+,46-44+,54-52+. The highest BCUT2D eigenvalue weighted by Gasteiger charge is 2.17. The molecule has 0 aromatic rings. The Morgan fingerprint density at radius 2 is 0.714 bits per heavy atom. The summed E-state index contributed by atoms with van der Waals surface area (Å²) in [6.45, 7) is 4.18. The van der Waals surface area contributed by atoms with Crippen LogP contribution in [0.2, 0.25) is 0 Å². The van der Waals surface area contributed by atoms with Gasteiger partial charge in [0.1, 0.15) is 0 Å². The molecule has 63 heavy (non-hydrogen) atoms. The molecule has 4 nitrogen and oxygen atoms in total. The maximum absolute atomic E-state index is 12.5. The van der Waals surface area contributed by atoms with Crippen molar-refractivity contribution >= 4 is 5.91 Å². The van der Waals surface area contributed by atoms with E-state index < -0.39 is 12.1 Å². The molecule has 0 bridgehead atoms. The first kappa shape index (κ1) is 60.3. The lowest BCUT2D eigenvalue weighted by atomic mass is 10.0. The van der Waals surface area contributed by atoms with Gasteiger partial charge in [0.25, 0.3) is 0 Å². The lowest BCUT2D eigenvalue weighted by molar-refractivity contribution is -0.123. The number of hydrogen-bond acceptors (Lipinski definition) is 3. The van der Waals surface area contributed by atoms with E-state index >= 15 is 0 Å². The Labute approximate surface area is 392 Å². The van der Waals surface area contributed by atoms with Gasteiger partial charge < -0.3 is 15.5 Å². The first-order chi connectivity index (χ1) is 31.2. The second-order valence-corrected chi connectivity index (χ2v) is 17.9. The van der Waals surface area contributed by atoms with Gasteiger partial charge in [-0.2, -0.15) is 0 Å². The Bertz CT molecular complexity index is 1170. The van der Waals surface area contributed by atoms with Gasteiger partial charge in [0, 0.05) is 6.42 Å². The average molecular weight is 874 g/mol. The minimum Gasteiger partial charge on any atom is -0.394 e. The van der Waals surface area contributed by atoms with Gasteiger partial charge in [-0.1, -0.05) is 252 Å². The zero-order chi connectivity index (χ0) is 45.6. The molecule has 0 spiro atoms. The predicted octanol–water partition coefficient (Wildman–Crippen LogP) is 17.7. The number of hydrogen-bond donors (Lipinski definition) is 3. The second-order valence-electron chi connectivity index (χ2n) is 17.9. The lowest BCUT2D eigenvalue weighted by Crippen LogP contribution is -2.45. The SMILES string of the molecule is CC/C=C\C/C=C\C/C=C\C/C=C\C/C=C\CCCCCCCCCCCCCCCCCC(=O)NC(CO)C(O)/C=C/CC/C=C/CC/C=C/CCCCCCCCCCCC. The minimum absolute atomic E-state index is 0.0803. The van der Waals surface area contributed by atoms with Gasteiger partial charge in [0.15, 0.2) is 0 Å². The first-order valence-corrected chi connectivity index (χ1v) is 27.0. The van der Waals surface area contributed by atoms with Crippen LogP contribution in [0.4, 0.5) is 0 Å². The Hall–Kier alpha value is -2.69. The number of carbonyl (C=O) groups excluding carboxylic acids is 1. The molecule has 2 atom stereocenters. The van der Waals surface area contributed by atoms with Crippen molar-refractivity contribution in [3.05, 3.63) is 97.2 Å². The normalized spacial score (nSPS) is 13.7. The van der Waals surface area contributed by atoms with Crippen molar-refractivity contribution in [2.24, 2.45) is 0 Å². The number of nitrogens with one attached hydrogen (secondary N) is 1. The summed E-state index contributed by atoms with van der Waals surface area (Å²) >= 11 is 0. The summed E-state index contributed by atoms with van der Waals surface area (Å²) in [7, 11) is 0. The number of amides is 1. The van der Waals surface area contributed by atoms with Crippen molar-refractivity contribution in [3.63, 3.8) is 0 Å². The van der Waals surface area contributed by atoms with Gasteiger partial charge in [-0.15, -0.1) is 0 Å². The van der Waals surface area contributed by atoms with E-state index in [0.717, 1.165) is 70.6 Å². The Kier molecular flexibility index (Phi) is 51.4. The molecule has 2 unspecified atom stereocenters. The van der Waals surface area contributed by atoms with Crippen LogP contribution in [0.25, 0.3) is 0 Å². The quantitative estimate of drug-likeness (QED) is 0.0421. The maximum atomic E-state index is 12.5. The van der Waals surface area contributed by atoms with Crippen molar-refractivity contribution in [3.8, 4) is 0 Å². The molecular formula is C59H103NO3. The van der Waals surface area contributed by atoms with Gasteiger partial charge in [-0.3, -0.25) is 4.79 Å². The van der Waals surface area contributed by atoms with E-state index in [1.807, 2.05) is 6.08 Å². The number of allylic oxidation sites excluding steroid dienone is 15. The highest BCUT2D eigenvalue weighted by molar-refractivity contribution is 5.76. The third kappa shape index (κ3) is 50.2. The fourth-order valence-corrected chi connectivity index (χ4v) is 7.71. The van der Waals surface area contributed by atoms with E-state index in [1.165, 1.54) is 161 Å². The number of aliphatic hydroxyl groups is 2. The van der Waals surface area contributed by atoms with Crippen LogP contribution in [0, 0.1) is 0 Å². The first-order valence-electron chi connectivity index (χ1n) is 27.0. The summed E-state index contributed by atoms with van der Waals surface area (Å²) in [6, 6.07) is -0.651. The van der Waals surface area contributed by atoms with Gasteiger partial charge in [-0.05, 0) is 89.9 Å². The van der Waals surface area contributed by atoms with Crippen LogP contribution in [0.5, 0.6) is 0 Å². The van der Waals surface area contributed by atoms with Crippen LogP contribution in [-0.4, -0.2) is 34.9 Å². The van der Waals surface area contributed by atoms with Gasteiger partial charge in [0.05, 0.1) is 18.8 Å². The fraction of sp³-hybridized carbons (Fsp3) is 0.712. The lowest BCUT2D eigenvalue weighted by Gasteiger charge is -2.19. The predicted molar refractivity (Wildman–Crippen MR) is 280 cm³/mol. The molecule has 0 aliphatic heterocycles. The number of unbranched alkanes of at least 4 members (excludes halogenated alkanes) is 27. The Balaban J connectivity index is 3.58. The summed E-state index contributed by atoms with van der Waals surface area (Å²) in [5, 5.41) is 23.1. The van der Waals surface area contributed by atoms with Crippen LogP contribution in [0.1, 0.15) is 251 Å². The Morgan fingerprint density at radius 3 is 1.11 bits per heavy atom. The fourth-order valence-electron chi connectivity index (χ4n) is 7.71. The average Bonchev–Trinajstić information content (AvgIpc) is 3.29. The van der Waals surface area contributed by atoms with Crippen LogP contribution in [-0.2, 0) is 4.79 Å². The summed E-state index contributed by atoms with van der Waals surface area (Å²) < 4.78 is 0. The maximum Gasteiger partial charge on any atom is 0.220 e. The monoisotopic (exact) mass is 874 g/mol. The zero-order valence-corrected chi connectivity index (χ0v) is 41.6. The molecule has 1 amide bonds. The number of aliphatic hydroxyl groups excluding tert-OH is 2. The van der Waals surface area contributed by atoms with Crippen LogP contribution >= 0.6 is 0 Å². The molecule has 0 heterocycles. The smallest absolute Gasteiger partial charge is 0.220 e. The molecule has 0 aliphatic rings. The summed E-state index contributed by atoms with van der Waals surface area (Å²) in [6.07, 6.45) is 79.8. The molecule has 3 N–H and O–H groups in total. The van der Waals surface area contributed by atoms with E-state index in [4.69, 9.17) is 0 Å². The third-order valence-electron chi connectivity index (χ3n) is 11.8. The molecule has 4 heteroatoms. The zero-order valence-electron chi connectivity index (χ0n) is 41.6. The molecule has 0 rings (SSSR count). The highest BCUT2D eigenvalue weighted by atomic mass is 16.3. The van der Waals surface area contributed by atoms with Crippen LogP contribution < -0.4 is 5.32 Å². The Morgan fingerprint density at radius 1 is 0.397 bits per heavy atom. The second kappa shape index (κ2) is 53.6. The van der Waals surface area contributed by atoms with Gasteiger partial charge in [0.2, 0.25) is 5.91 Å². The molecule has 0 radical (unpaired) electrons. The minimum atomic E-state index is -0.875. The summed E-state index contributed by atoms with van der Waals surface area (Å²) in [5.74, 6) is -0.0803. The number of carbonyl (C=O) groups is 1. The van der Waals surface area contributed by atoms with Crippen molar-refractivity contribution in [1.29, 1.82) is 0 Å². The van der Waals surface area contributed by atoms with E-state index in [0.29, 0.717) is 6.42 Å². The molecule has 0 saturated carbocycles. The third-order valence-corrected chi connectivity index (χ3v) is 11.8. The number of rotatable bonds is 48. The molecule has 0 aromatic carbocycles. The van der Waals surface area contributed by atoms with Crippen molar-refractivity contribution in [2.45, 2.75) is 264 Å². The van der Waals surface area contributed by atoms with Crippen LogP contribution in [0.15, 0.2) is 97.2 Å².